The van der Waals surface area contributed by atoms with E-state index in [0.717, 1.165) is 38.5 Å². The molecule has 45 heavy (non-hydrogen) atoms. The Morgan fingerprint density at radius 2 is 0.489 bits per heavy atom. The van der Waals surface area contributed by atoms with E-state index in [1.165, 1.54) is 0 Å². The van der Waals surface area contributed by atoms with Crippen LogP contribution in [0.3, 0.4) is 0 Å². The molecular formula is C24H29F21. The summed E-state index contributed by atoms with van der Waals surface area (Å²) >= 11 is 0. The molecule has 0 aromatic carbocycles. The van der Waals surface area contributed by atoms with E-state index in [1.807, 2.05) is 6.92 Å². The summed E-state index contributed by atoms with van der Waals surface area (Å²) in [7, 11) is 0. The number of hydrogen-bond acceptors (Lipinski definition) is 0. The zero-order valence-corrected chi connectivity index (χ0v) is 23.1. The quantitative estimate of drug-likeness (QED) is 0.0820. The molecule has 21 heteroatoms. The molecule has 0 fully saturated rings. The summed E-state index contributed by atoms with van der Waals surface area (Å²) in [5, 5.41) is 0. The minimum atomic E-state index is -9.13. The molecule has 0 radical (unpaired) electrons. The van der Waals surface area contributed by atoms with Crippen molar-refractivity contribution in [3.05, 3.63) is 0 Å². The first kappa shape index (κ1) is 43.5. The third kappa shape index (κ3) is 7.82. The van der Waals surface area contributed by atoms with Gasteiger partial charge in [0.15, 0.2) is 0 Å². The number of halogens is 21. The predicted molar refractivity (Wildman–Crippen MR) is 116 cm³/mol. The second kappa shape index (κ2) is 14.3. The lowest BCUT2D eigenvalue weighted by Crippen LogP contribution is -2.76. The van der Waals surface area contributed by atoms with Gasteiger partial charge in [0.25, 0.3) is 0 Å². The molecule has 0 aliphatic heterocycles. The third-order valence-corrected chi connectivity index (χ3v) is 6.92. The average molecular weight is 716 g/mol. The van der Waals surface area contributed by atoms with Gasteiger partial charge < -0.3 is 0 Å². The molecule has 0 saturated heterocycles. The fraction of sp³-hybridized carbons (Fsp3) is 1.00. The number of hydrogen-bond donors (Lipinski definition) is 0. The highest BCUT2D eigenvalue weighted by Gasteiger charge is 2.97. The first-order valence-corrected chi connectivity index (χ1v) is 13.3. The molecule has 0 bridgehead atoms. The maximum atomic E-state index is 13.9. The fourth-order valence-corrected chi connectivity index (χ4v) is 3.94. The largest absolute Gasteiger partial charge is 0.460 e. The summed E-state index contributed by atoms with van der Waals surface area (Å²) in [5.74, 6) is -76.3. The van der Waals surface area contributed by atoms with Crippen molar-refractivity contribution in [2.45, 2.75) is 150 Å². The van der Waals surface area contributed by atoms with Crippen LogP contribution in [-0.4, -0.2) is 59.5 Å². The van der Waals surface area contributed by atoms with Crippen molar-refractivity contribution >= 4 is 0 Å². The Balaban J connectivity index is 5.84. The molecule has 0 spiro atoms. The van der Waals surface area contributed by atoms with E-state index < -0.39 is 78.7 Å². The summed E-state index contributed by atoms with van der Waals surface area (Å²) in [5.41, 5.74) is 0. The van der Waals surface area contributed by atoms with Crippen LogP contribution in [0.2, 0.25) is 0 Å². The number of alkyl halides is 21. The van der Waals surface area contributed by atoms with Gasteiger partial charge in [-0.05, 0) is 6.42 Å². The Kier molecular flexibility index (Phi) is 13.9. The van der Waals surface area contributed by atoms with E-state index in [1.54, 1.807) is 0 Å². The highest BCUT2D eigenvalue weighted by molar-refractivity contribution is 5.17. The molecular weight excluding hydrogens is 687 g/mol. The van der Waals surface area contributed by atoms with Crippen molar-refractivity contribution in [3.8, 4) is 0 Å². The molecule has 0 aromatic rings. The van der Waals surface area contributed by atoms with Gasteiger partial charge in [0, 0.05) is 6.42 Å². The maximum Gasteiger partial charge on any atom is 0.460 e. The molecule has 0 atom stereocenters. The lowest BCUT2D eigenvalue weighted by molar-refractivity contribution is -0.474. The lowest BCUT2D eigenvalue weighted by atomic mass is 9.85. The van der Waals surface area contributed by atoms with Gasteiger partial charge in [0.05, 0.1) is 0 Å². The van der Waals surface area contributed by atoms with Crippen LogP contribution in [0, 0.1) is 0 Å². The first-order valence-electron chi connectivity index (χ1n) is 13.3. The van der Waals surface area contributed by atoms with E-state index in [-0.39, 0.29) is 6.42 Å². The van der Waals surface area contributed by atoms with E-state index in [0.29, 0.717) is 19.3 Å². The number of unbranched alkanes of at least 4 members (excludes halogenated alkanes) is 11. The van der Waals surface area contributed by atoms with E-state index in [9.17, 15) is 92.2 Å². The van der Waals surface area contributed by atoms with Crippen LogP contribution >= 0.6 is 0 Å². The molecule has 0 rings (SSSR count). The molecule has 0 unspecified atom stereocenters. The van der Waals surface area contributed by atoms with E-state index in [4.69, 9.17) is 0 Å². The normalized spacial score (nSPS) is 15.6. The first-order chi connectivity index (χ1) is 19.8. The maximum absolute atomic E-state index is 13.9. The van der Waals surface area contributed by atoms with Crippen molar-refractivity contribution in [1.82, 2.24) is 0 Å². The van der Waals surface area contributed by atoms with Crippen LogP contribution in [0.5, 0.6) is 0 Å². The molecule has 0 nitrogen and oxygen atoms in total. The Bertz CT molecular complexity index is 903. The topological polar surface area (TPSA) is 0 Å². The minimum absolute atomic E-state index is 0.0137. The average Bonchev–Trinajstić information content (AvgIpc) is 2.87. The standard InChI is InChI=1S/C24H29F21/c1-2-3-4-5-6-7-8-9-10-11-12-13-14-15(25,26)16(27,28)17(29,30)18(31,32)19(33,34)20(35,36)21(37,38)22(39,40)23(41,42)24(43,44)45/h2-14H2,1H3. The van der Waals surface area contributed by atoms with Gasteiger partial charge >= 0.3 is 59.5 Å². The van der Waals surface area contributed by atoms with Gasteiger partial charge in [0.2, 0.25) is 0 Å². The van der Waals surface area contributed by atoms with Crippen LogP contribution in [0.4, 0.5) is 92.2 Å². The van der Waals surface area contributed by atoms with Crippen LogP contribution in [0.1, 0.15) is 90.4 Å². The van der Waals surface area contributed by atoms with Gasteiger partial charge in [-0.15, -0.1) is 0 Å². The highest BCUT2D eigenvalue weighted by atomic mass is 19.4. The van der Waals surface area contributed by atoms with Crippen LogP contribution < -0.4 is 0 Å². The molecule has 0 heterocycles. The van der Waals surface area contributed by atoms with Crippen molar-refractivity contribution in [2.24, 2.45) is 0 Å². The smallest absolute Gasteiger partial charge is 0.200 e. The van der Waals surface area contributed by atoms with E-state index in [2.05, 4.69) is 0 Å². The van der Waals surface area contributed by atoms with Crippen LogP contribution in [0.25, 0.3) is 0 Å². The van der Waals surface area contributed by atoms with Crippen molar-refractivity contribution < 1.29 is 92.2 Å². The third-order valence-electron chi connectivity index (χ3n) is 6.92. The number of rotatable bonds is 21. The summed E-state index contributed by atoms with van der Waals surface area (Å²) < 4.78 is 281. The predicted octanol–water partition coefficient (Wildman–Crippen LogP) is 12.4. The molecule has 0 aliphatic carbocycles. The molecule has 272 valence electrons. The zero-order valence-electron chi connectivity index (χ0n) is 23.1. The summed E-state index contributed by atoms with van der Waals surface area (Å²) in [6, 6.07) is 0. The summed E-state index contributed by atoms with van der Waals surface area (Å²) in [6.45, 7) is 2.00. The van der Waals surface area contributed by atoms with Crippen LogP contribution in [-0.2, 0) is 0 Å². The summed E-state index contributed by atoms with van der Waals surface area (Å²) in [6.07, 6.45) is -5.03. The second-order valence-electron chi connectivity index (χ2n) is 10.4. The molecule has 0 N–H and O–H groups in total. The van der Waals surface area contributed by atoms with Gasteiger partial charge in [-0.1, -0.05) is 77.6 Å². The van der Waals surface area contributed by atoms with Crippen molar-refractivity contribution in [1.29, 1.82) is 0 Å². The molecule has 0 amide bonds. The Morgan fingerprint density at radius 3 is 0.756 bits per heavy atom. The lowest BCUT2D eigenvalue weighted by Gasteiger charge is -2.44. The second-order valence-corrected chi connectivity index (χ2v) is 10.4. The summed E-state index contributed by atoms with van der Waals surface area (Å²) in [4.78, 5) is 0. The van der Waals surface area contributed by atoms with Crippen LogP contribution in [0.15, 0.2) is 0 Å². The Hall–Kier alpha value is -1.47. The minimum Gasteiger partial charge on any atom is -0.200 e. The van der Waals surface area contributed by atoms with Gasteiger partial charge in [-0.3, -0.25) is 0 Å². The highest BCUT2D eigenvalue weighted by Crippen LogP contribution is 2.66. The fourth-order valence-electron chi connectivity index (χ4n) is 3.94. The molecule has 0 aliphatic rings. The van der Waals surface area contributed by atoms with Gasteiger partial charge in [-0.2, -0.15) is 92.2 Å². The van der Waals surface area contributed by atoms with Gasteiger partial charge in [0.1, 0.15) is 0 Å². The zero-order chi connectivity index (χ0) is 36.2. The van der Waals surface area contributed by atoms with E-state index >= 15 is 0 Å². The van der Waals surface area contributed by atoms with Crippen molar-refractivity contribution in [2.75, 3.05) is 0 Å². The molecule has 0 saturated carbocycles. The SMILES string of the molecule is CCCCCCCCCCCCCCC(F)(F)C(F)(F)C(F)(F)C(F)(F)C(F)(F)C(F)(F)C(F)(F)C(F)(F)C(F)(F)C(F)(F)F. The Morgan fingerprint density at radius 1 is 0.267 bits per heavy atom. The van der Waals surface area contributed by atoms with Gasteiger partial charge in [-0.25, -0.2) is 0 Å². The van der Waals surface area contributed by atoms with Crippen molar-refractivity contribution in [3.63, 3.8) is 0 Å². The monoisotopic (exact) mass is 716 g/mol. The Labute approximate surface area is 243 Å². The molecule has 0 aromatic heterocycles.